The number of halogens is 1. The number of rotatable bonds is 10. The molecule has 0 bridgehead atoms. The van der Waals surface area contributed by atoms with Crippen LogP contribution in [0.25, 0.3) is 0 Å². The molecule has 1 atom stereocenters. The lowest BCUT2D eigenvalue weighted by molar-refractivity contribution is -0.140. The molecule has 2 N–H and O–H groups in total. The number of hydrogen-bond donors (Lipinski definition) is 2. The van der Waals surface area contributed by atoms with Crippen LogP contribution >= 0.6 is 27.3 Å². The second-order valence-corrected chi connectivity index (χ2v) is 10.0. The average Bonchev–Trinajstić information content (AvgIpc) is 3.25. The molecule has 0 aliphatic carbocycles. The highest BCUT2D eigenvalue weighted by Gasteiger charge is 2.29. The topological polar surface area (TPSA) is 90.0 Å². The summed E-state index contributed by atoms with van der Waals surface area (Å²) in [5.41, 5.74) is 1.29. The van der Waals surface area contributed by atoms with Crippen molar-refractivity contribution in [2.75, 3.05) is 19.6 Å². The average molecular weight is 536 g/mol. The molecule has 0 spiro atoms. The predicted octanol–water partition coefficient (Wildman–Crippen LogP) is 3.99. The molecule has 1 unspecified atom stereocenters. The zero-order chi connectivity index (χ0) is 23.8. The van der Waals surface area contributed by atoms with Crippen molar-refractivity contribution in [2.45, 2.75) is 51.2 Å². The molecule has 1 fully saturated rings. The SMILES string of the molecule is CCN(C(=O)CCC(NC(=O)c1cc(Br)cs1)C(=O)O)C1CCN(Cc2ccccc2)CC1. The Kier molecular flexibility index (Phi) is 9.46. The summed E-state index contributed by atoms with van der Waals surface area (Å²) in [7, 11) is 0. The summed E-state index contributed by atoms with van der Waals surface area (Å²) in [5.74, 6) is -1.63. The number of carbonyl (C=O) groups is 3. The quantitative estimate of drug-likeness (QED) is 0.480. The Morgan fingerprint density at radius 2 is 1.94 bits per heavy atom. The van der Waals surface area contributed by atoms with Crippen LogP contribution in [0.5, 0.6) is 0 Å². The Morgan fingerprint density at radius 1 is 1.24 bits per heavy atom. The number of aliphatic carboxylic acids is 1. The number of carboxylic acid groups (broad SMARTS) is 1. The van der Waals surface area contributed by atoms with Crippen molar-refractivity contribution in [3.8, 4) is 0 Å². The molecule has 0 saturated carbocycles. The van der Waals surface area contributed by atoms with Crippen molar-refractivity contribution < 1.29 is 19.5 Å². The molecule has 33 heavy (non-hydrogen) atoms. The fourth-order valence-electron chi connectivity index (χ4n) is 4.20. The van der Waals surface area contributed by atoms with Crippen LogP contribution < -0.4 is 5.32 Å². The van der Waals surface area contributed by atoms with E-state index < -0.39 is 17.9 Å². The van der Waals surface area contributed by atoms with Crippen molar-refractivity contribution in [3.63, 3.8) is 0 Å². The van der Waals surface area contributed by atoms with E-state index in [2.05, 4.69) is 38.3 Å². The van der Waals surface area contributed by atoms with E-state index >= 15 is 0 Å². The number of piperidine rings is 1. The molecule has 2 aromatic rings. The molecule has 0 radical (unpaired) electrons. The first-order valence-corrected chi connectivity index (χ1v) is 12.9. The van der Waals surface area contributed by atoms with Crippen LogP contribution in [0, 0.1) is 0 Å². The van der Waals surface area contributed by atoms with Gasteiger partial charge in [-0.25, -0.2) is 4.79 Å². The summed E-state index contributed by atoms with van der Waals surface area (Å²) in [6.45, 7) is 5.31. The summed E-state index contributed by atoms with van der Waals surface area (Å²) < 4.78 is 0.771. The van der Waals surface area contributed by atoms with E-state index in [-0.39, 0.29) is 24.8 Å². The van der Waals surface area contributed by atoms with Gasteiger partial charge in [0.2, 0.25) is 5.91 Å². The summed E-state index contributed by atoms with van der Waals surface area (Å²) in [6, 6.07) is 11.1. The van der Waals surface area contributed by atoms with E-state index in [0.717, 1.165) is 36.9 Å². The molecule has 7 nitrogen and oxygen atoms in total. The number of hydrogen-bond acceptors (Lipinski definition) is 5. The molecule has 2 heterocycles. The first-order valence-electron chi connectivity index (χ1n) is 11.2. The fraction of sp³-hybridized carbons (Fsp3) is 0.458. The van der Waals surface area contributed by atoms with Crippen molar-refractivity contribution in [2.24, 2.45) is 0 Å². The van der Waals surface area contributed by atoms with E-state index in [1.54, 1.807) is 11.4 Å². The minimum atomic E-state index is -1.14. The van der Waals surface area contributed by atoms with Crippen LogP contribution in [0.2, 0.25) is 0 Å². The van der Waals surface area contributed by atoms with Gasteiger partial charge in [0.05, 0.1) is 4.88 Å². The van der Waals surface area contributed by atoms with E-state index in [9.17, 15) is 19.5 Å². The zero-order valence-corrected chi connectivity index (χ0v) is 21.1. The molecule has 2 amide bonds. The van der Waals surface area contributed by atoms with Gasteiger partial charge >= 0.3 is 5.97 Å². The van der Waals surface area contributed by atoms with Gasteiger partial charge < -0.3 is 15.3 Å². The lowest BCUT2D eigenvalue weighted by Gasteiger charge is -2.38. The molecule has 1 aliphatic heterocycles. The van der Waals surface area contributed by atoms with E-state index in [1.165, 1.54) is 16.9 Å². The third-order valence-electron chi connectivity index (χ3n) is 5.95. The van der Waals surface area contributed by atoms with Gasteiger partial charge in [-0.3, -0.25) is 14.5 Å². The molecule has 3 rings (SSSR count). The monoisotopic (exact) mass is 535 g/mol. The second kappa shape index (κ2) is 12.3. The molecule has 1 aromatic carbocycles. The highest BCUT2D eigenvalue weighted by Crippen LogP contribution is 2.21. The van der Waals surface area contributed by atoms with Crippen molar-refractivity contribution in [1.82, 2.24) is 15.1 Å². The van der Waals surface area contributed by atoms with Gasteiger partial charge in [0.15, 0.2) is 0 Å². The lowest BCUT2D eigenvalue weighted by atomic mass is 10.0. The summed E-state index contributed by atoms with van der Waals surface area (Å²) >= 11 is 4.52. The van der Waals surface area contributed by atoms with E-state index in [4.69, 9.17) is 0 Å². The highest BCUT2D eigenvalue weighted by atomic mass is 79.9. The Labute approximate surface area is 206 Å². The number of likely N-dealkylation sites (tertiary alicyclic amines) is 1. The normalized spacial score (nSPS) is 15.7. The second-order valence-electron chi connectivity index (χ2n) is 8.20. The largest absolute Gasteiger partial charge is 0.480 e. The number of nitrogens with one attached hydrogen (secondary N) is 1. The predicted molar refractivity (Wildman–Crippen MR) is 132 cm³/mol. The first kappa shape index (κ1) is 25.4. The van der Waals surface area contributed by atoms with Gasteiger partial charge in [0.1, 0.15) is 6.04 Å². The van der Waals surface area contributed by atoms with Crippen molar-refractivity contribution >= 4 is 45.1 Å². The number of nitrogens with zero attached hydrogens (tertiary/aromatic N) is 2. The first-order chi connectivity index (χ1) is 15.9. The number of carboxylic acids is 1. The van der Waals surface area contributed by atoms with Crippen LogP contribution in [-0.2, 0) is 16.1 Å². The highest BCUT2D eigenvalue weighted by molar-refractivity contribution is 9.10. The summed E-state index contributed by atoms with van der Waals surface area (Å²) in [4.78, 5) is 41.6. The minimum Gasteiger partial charge on any atom is -0.480 e. The van der Waals surface area contributed by atoms with Gasteiger partial charge in [0, 0.05) is 48.5 Å². The standard InChI is InChI=1S/C24H30BrN3O4S/c1-2-28(19-10-12-27(13-11-19)15-17-6-4-3-5-7-17)22(29)9-8-20(24(31)32)26-23(30)21-14-18(25)16-33-21/h3-7,14,16,19-20H,2,8-13,15H2,1H3,(H,26,30)(H,31,32). The van der Waals surface area contributed by atoms with Gasteiger partial charge in [-0.15, -0.1) is 11.3 Å². The Balaban J connectivity index is 1.49. The summed E-state index contributed by atoms with van der Waals surface area (Å²) in [5, 5.41) is 13.8. The van der Waals surface area contributed by atoms with E-state index in [1.807, 2.05) is 30.0 Å². The lowest BCUT2D eigenvalue weighted by Crippen LogP contribution is -2.48. The van der Waals surface area contributed by atoms with Gasteiger partial charge in [-0.05, 0) is 53.7 Å². The van der Waals surface area contributed by atoms with Crippen LogP contribution in [-0.4, -0.2) is 64.4 Å². The molecule has 1 aliphatic rings. The van der Waals surface area contributed by atoms with Gasteiger partial charge in [-0.1, -0.05) is 30.3 Å². The maximum atomic E-state index is 12.9. The van der Waals surface area contributed by atoms with Gasteiger partial charge in [-0.2, -0.15) is 0 Å². The molecule has 1 saturated heterocycles. The fourth-order valence-corrected chi connectivity index (χ4v) is 5.53. The molecule has 9 heteroatoms. The maximum absolute atomic E-state index is 12.9. The Morgan fingerprint density at radius 3 is 2.52 bits per heavy atom. The number of benzene rings is 1. The minimum absolute atomic E-state index is 0.0571. The zero-order valence-electron chi connectivity index (χ0n) is 18.7. The Hall–Kier alpha value is -2.23. The Bertz CT molecular complexity index is 944. The molecular weight excluding hydrogens is 506 g/mol. The third kappa shape index (κ3) is 7.38. The van der Waals surface area contributed by atoms with Crippen LogP contribution in [0.3, 0.4) is 0 Å². The van der Waals surface area contributed by atoms with Crippen LogP contribution in [0.4, 0.5) is 0 Å². The van der Waals surface area contributed by atoms with Crippen LogP contribution in [0.15, 0.2) is 46.3 Å². The van der Waals surface area contributed by atoms with Gasteiger partial charge in [0.25, 0.3) is 5.91 Å². The smallest absolute Gasteiger partial charge is 0.326 e. The third-order valence-corrected chi connectivity index (χ3v) is 7.64. The molecular formula is C24H30BrN3O4S. The van der Waals surface area contributed by atoms with Crippen molar-refractivity contribution in [3.05, 3.63) is 56.7 Å². The van der Waals surface area contributed by atoms with Crippen LogP contribution in [0.1, 0.15) is 47.8 Å². The van der Waals surface area contributed by atoms with Crippen molar-refractivity contribution in [1.29, 1.82) is 0 Å². The number of thiophene rings is 1. The number of amides is 2. The molecule has 1 aromatic heterocycles. The summed E-state index contributed by atoms with van der Waals surface area (Å²) in [6.07, 6.45) is 1.96. The van der Waals surface area contributed by atoms with E-state index in [0.29, 0.717) is 11.4 Å². The molecule has 178 valence electrons. The number of carbonyl (C=O) groups excluding carboxylic acids is 2. The maximum Gasteiger partial charge on any atom is 0.326 e.